The van der Waals surface area contributed by atoms with E-state index in [4.69, 9.17) is 9.47 Å². The molecule has 0 radical (unpaired) electrons. The summed E-state index contributed by atoms with van der Waals surface area (Å²) >= 11 is 0. The summed E-state index contributed by atoms with van der Waals surface area (Å²) in [5.41, 5.74) is 0. The van der Waals surface area contributed by atoms with Crippen LogP contribution in [-0.4, -0.2) is 63.5 Å². The number of hydrogen-bond donors (Lipinski definition) is 1. The molecule has 2 rings (SSSR count). The predicted octanol–water partition coefficient (Wildman–Crippen LogP) is 1.50. The van der Waals surface area contributed by atoms with E-state index in [1.807, 2.05) is 0 Å². The summed E-state index contributed by atoms with van der Waals surface area (Å²) in [5.74, 6) is 0.926. The van der Waals surface area contributed by atoms with E-state index in [2.05, 4.69) is 17.1 Å². The number of nitrogens with one attached hydrogen (secondary N) is 1. The number of nitrogens with zero attached hydrogens (tertiary/aromatic N) is 1. The van der Waals surface area contributed by atoms with Gasteiger partial charge in [-0.15, -0.1) is 0 Å². The SMILES string of the molecule is COCCN(CCNCC1CCCO1)C(C)C1CC1. The molecular weight excluding hydrogens is 240 g/mol. The molecule has 2 unspecified atom stereocenters. The average molecular weight is 270 g/mol. The van der Waals surface area contributed by atoms with Crippen molar-refractivity contribution >= 4 is 0 Å². The zero-order valence-electron chi connectivity index (χ0n) is 12.6. The maximum atomic E-state index is 5.62. The van der Waals surface area contributed by atoms with E-state index in [1.54, 1.807) is 7.11 Å². The van der Waals surface area contributed by atoms with E-state index >= 15 is 0 Å². The molecule has 0 bridgehead atoms. The smallest absolute Gasteiger partial charge is 0.0700 e. The first kappa shape index (κ1) is 15.2. The monoisotopic (exact) mass is 270 g/mol. The Hall–Kier alpha value is -0.160. The van der Waals surface area contributed by atoms with Crippen molar-refractivity contribution < 1.29 is 9.47 Å². The lowest BCUT2D eigenvalue weighted by molar-refractivity contribution is 0.103. The fourth-order valence-electron chi connectivity index (χ4n) is 2.90. The first-order valence-corrected chi connectivity index (χ1v) is 7.86. The van der Waals surface area contributed by atoms with Crippen LogP contribution >= 0.6 is 0 Å². The standard InChI is InChI=1S/C15H30N2O2/c1-13(14-5-6-14)17(9-11-18-2)8-7-16-12-15-4-3-10-19-15/h13-16H,3-12H2,1-2H3. The third kappa shape index (κ3) is 5.38. The normalized spacial score (nSPS) is 25.1. The molecule has 0 amide bonds. The molecule has 2 fully saturated rings. The second-order valence-corrected chi connectivity index (χ2v) is 5.95. The highest BCUT2D eigenvalue weighted by Crippen LogP contribution is 2.34. The lowest BCUT2D eigenvalue weighted by Crippen LogP contribution is -2.42. The quantitative estimate of drug-likeness (QED) is 0.610. The van der Waals surface area contributed by atoms with Crippen molar-refractivity contribution in [2.24, 2.45) is 5.92 Å². The highest BCUT2D eigenvalue weighted by atomic mass is 16.5. The molecule has 112 valence electrons. The number of methoxy groups -OCH3 is 1. The molecule has 4 heteroatoms. The lowest BCUT2D eigenvalue weighted by Gasteiger charge is -2.29. The molecule has 2 atom stereocenters. The van der Waals surface area contributed by atoms with Crippen LogP contribution < -0.4 is 5.32 Å². The fraction of sp³-hybridized carbons (Fsp3) is 1.00. The van der Waals surface area contributed by atoms with Crippen molar-refractivity contribution in [3.8, 4) is 0 Å². The van der Waals surface area contributed by atoms with Gasteiger partial charge in [0.1, 0.15) is 0 Å². The zero-order valence-corrected chi connectivity index (χ0v) is 12.6. The van der Waals surface area contributed by atoms with Gasteiger partial charge in [0.25, 0.3) is 0 Å². The molecule has 19 heavy (non-hydrogen) atoms. The second kappa shape index (κ2) is 8.20. The summed E-state index contributed by atoms with van der Waals surface area (Å²) in [5, 5.41) is 3.54. The third-order valence-corrected chi connectivity index (χ3v) is 4.43. The van der Waals surface area contributed by atoms with Crippen LogP contribution in [0.4, 0.5) is 0 Å². The molecule has 0 aromatic rings. The first-order valence-electron chi connectivity index (χ1n) is 7.86. The van der Waals surface area contributed by atoms with E-state index < -0.39 is 0 Å². The summed E-state index contributed by atoms with van der Waals surface area (Å²) in [6.45, 7) is 8.39. The first-order chi connectivity index (χ1) is 9.31. The van der Waals surface area contributed by atoms with Crippen LogP contribution in [0.3, 0.4) is 0 Å². The molecule has 2 aliphatic rings. The van der Waals surface area contributed by atoms with Gasteiger partial charge in [-0.3, -0.25) is 4.90 Å². The van der Waals surface area contributed by atoms with Crippen molar-refractivity contribution in [2.75, 3.05) is 46.5 Å². The Morgan fingerprint density at radius 2 is 2.16 bits per heavy atom. The number of rotatable bonds is 10. The van der Waals surface area contributed by atoms with Crippen LogP contribution in [-0.2, 0) is 9.47 Å². The summed E-state index contributed by atoms with van der Waals surface area (Å²) < 4.78 is 10.9. The molecule has 1 N–H and O–H groups in total. The molecule has 0 spiro atoms. The molecule has 1 heterocycles. The van der Waals surface area contributed by atoms with Crippen LogP contribution in [0.15, 0.2) is 0 Å². The average Bonchev–Trinajstić information content (AvgIpc) is 3.15. The van der Waals surface area contributed by atoms with Crippen LogP contribution in [0.5, 0.6) is 0 Å². The van der Waals surface area contributed by atoms with Crippen molar-refractivity contribution in [1.29, 1.82) is 0 Å². The van der Waals surface area contributed by atoms with Crippen LogP contribution in [0.2, 0.25) is 0 Å². The minimum Gasteiger partial charge on any atom is -0.383 e. The van der Waals surface area contributed by atoms with Gasteiger partial charge >= 0.3 is 0 Å². The summed E-state index contributed by atoms with van der Waals surface area (Å²) in [6, 6.07) is 0.708. The van der Waals surface area contributed by atoms with Gasteiger partial charge in [-0.2, -0.15) is 0 Å². The van der Waals surface area contributed by atoms with Gasteiger partial charge in [0.05, 0.1) is 12.7 Å². The molecule has 1 aliphatic heterocycles. The lowest BCUT2D eigenvalue weighted by atomic mass is 10.2. The molecule has 1 saturated carbocycles. The maximum absolute atomic E-state index is 5.62. The topological polar surface area (TPSA) is 33.7 Å². The highest BCUT2D eigenvalue weighted by molar-refractivity contribution is 4.85. The minimum atomic E-state index is 0.452. The molecule has 1 saturated heterocycles. The maximum Gasteiger partial charge on any atom is 0.0700 e. The highest BCUT2D eigenvalue weighted by Gasteiger charge is 2.31. The molecule has 0 aromatic heterocycles. The van der Waals surface area contributed by atoms with E-state index in [0.29, 0.717) is 12.1 Å². The van der Waals surface area contributed by atoms with E-state index in [9.17, 15) is 0 Å². The second-order valence-electron chi connectivity index (χ2n) is 5.95. The zero-order chi connectivity index (χ0) is 13.5. The Balaban J connectivity index is 1.60. The van der Waals surface area contributed by atoms with Gasteiger partial charge in [-0.25, -0.2) is 0 Å². The van der Waals surface area contributed by atoms with Crippen LogP contribution in [0, 0.1) is 5.92 Å². The summed E-state index contributed by atoms with van der Waals surface area (Å²) in [7, 11) is 1.79. The van der Waals surface area contributed by atoms with Gasteiger partial charge in [0, 0.05) is 45.9 Å². The van der Waals surface area contributed by atoms with Crippen molar-refractivity contribution in [3.63, 3.8) is 0 Å². The van der Waals surface area contributed by atoms with Gasteiger partial charge in [-0.05, 0) is 38.5 Å². The Kier molecular flexibility index (Phi) is 6.57. The van der Waals surface area contributed by atoms with Gasteiger partial charge in [0.15, 0.2) is 0 Å². The Morgan fingerprint density at radius 3 is 2.79 bits per heavy atom. The molecule has 0 aromatic carbocycles. The minimum absolute atomic E-state index is 0.452. The molecule has 1 aliphatic carbocycles. The van der Waals surface area contributed by atoms with E-state index in [-0.39, 0.29) is 0 Å². The third-order valence-electron chi connectivity index (χ3n) is 4.43. The van der Waals surface area contributed by atoms with Crippen molar-refractivity contribution in [2.45, 2.75) is 44.8 Å². The van der Waals surface area contributed by atoms with Gasteiger partial charge in [-0.1, -0.05) is 0 Å². The van der Waals surface area contributed by atoms with Crippen molar-refractivity contribution in [3.05, 3.63) is 0 Å². The number of hydrogen-bond acceptors (Lipinski definition) is 4. The van der Waals surface area contributed by atoms with Gasteiger partial charge in [0.2, 0.25) is 0 Å². The van der Waals surface area contributed by atoms with E-state index in [0.717, 1.165) is 45.3 Å². The fourth-order valence-corrected chi connectivity index (χ4v) is 2.90. The van der Waals surface area contributed by atoms with Gasteiger partial charge < -0.3 is 14.8 Å². The Labute approximate surface area is 117 Å². The molecule has 4 nitrogen and oxygen atoms in total. The van der Waals surface area contributed by atoms with Crippen LogP contribution in [0.1, 0.15) is 32.6 Å². The number of ether oxygens (including phenoxy) is 2. The largest absolute Gasteiger partial charge is 0.383 e. The Bertz CT molecular complexity index is 240. The summed E-state index contributed by atoms with van der Waals surface area (Å²) in [6.07, 6.45) is 5.72. The van der Waals surface area contributed by atoms with Crippen molar-refractivity contribution in [1.82, 2.24) is 10.2 Å². The summed E-state index contributed by atoms with van der Waals surface area (Å²) in [4.78, 5) is 2.57. The Morgan fingerprint density at radius 1 is 1.32 bits per heavy atom. The predicted molar refractivity (Wildman–Crippen MR) is 77.5 cm³/mol. The van der Waals surface area contributed by atoms with Crippen LogP contribution in [0.25, 0.3) is 0 Å². The van der Waals surface area contributed by atoms with E-state index in [1.165, 1.54) is 25.7 Å². The molecular formula is C15H30N2O2.